The van der Waals surface area contributed by atoms with Crippen LogP contribution in [0.1, 0.15) is 6.92 Å². The van der Waals surface area contributed by atoms with Gasteiger partial charge in [-0.05, 0) is 6.92 Å². The van der Waals surface area contributed by atoms with E-state index in [1.807, 2.05) is 10.8 Å². The molecular formula is C8H13N3O2. The van der Waals surface area contributed by atoms with E-state index >= 15 is 0 Å². The number of amides is 1. The van der Waals surface area contributed by atoms with E-state index < -0.39 is 0 Å². The lowest BCUT2D eigenvalue weighted by Gasteiger charge is -2.04. The molecule has 1 N–H and O–H groups in total. The lowest BCUT2D eigenvalue weighted by atomic mass is 10.6. The molecule has 1 aromatic heterocycles. The van der Waals surface area contributed by atoms with Crippen LogP contribution in [0.2, 0.25) is 0 Å². The van der Waals surface area contributed by atoms with Crippen molar-refractivity contribution in [3.05, 3.63) is 18.7 Å². The number of aromatic nitrogens is 2. The van der Waals surface area contributed by atoms with Crippen LogP contribution in [0.5, 0.6) is 0 Å². The number of rotatable bonds is 4. The molecule has 0 aliphatic carbocycles. The highest BCUT2D eigenvalue weighted by Crippen LogP contribution is 1.84. The monoisotopic (exact) mass is 183 g/mol. The lowest BCUT2D eigenvalue weighted by molar-refractivity contribution is 0.152. The third-order valence-electron chi connectivity index (χ3n) is 1.47. The molecule has 1 heterocycles. The summed E-state index contributed by atoms with van der Waals surface area (Å²) in [6, 6.07) is 0. The third-order valence-corrected chi connectivity index (χ3v) is 1.47. The van der Waals surface area contributed by atoms with Crippen LogP contribution in [0.15, 0.2) is 18.7 Å². The summed E-state index contributed by atoms with van der Waals surface area (Å²) in [6.07, 6.45) is 4.87. The van der Waals surface area contributed by atoms with Crippen LogP contribution in [0.25, 0.3) is 0 Å². The summed E-state index contributed by atoms with van der Waals surface area (Å²) in [5.41, 5.74) is 0. The molecule has 0 saturated carbocycles. The van der Waals surface area contributed by atoms with Gasteiger partial charge in [-0.3, -0.25) is 0 Å². The van der Waals surface area contributed by atoms with E-state index in [-0.39, 0.29) is 6.09 Å². The van der Waals surface area contributed by atoms with Gasteiger partial charge in [-0.2, -0.15) is 0 Å². The second-order valence-electron chi connectivity index (χ2n) is 2.45. The van der Waals surface area contributed by atoms with Gasteiger partial charge in [0.2, 0.25) is 0 Å². The Balaban J connectivity index is 2.11. The molecule has 0 spiro atoms. The Hall–Kier alpha value is -1.52. The number of alkyl carbamates (subject to hydrolysis) is 1. The molecule has 1 rings (SSSR count). The molecular weight excluding hydrogens is 170 g/mol. The van der Waals surface area contributed by atoms with E-state index in [2.05, 4.69) is 15.0 Å². The fourth-order valence-electron chi connectivity index (χ4n) is 0.888. The van der Waals surface area contributed by atoms with Gasteiger partial charge in [0.1, 0.15) is 0 Å². The zero-order valence-electron chi connectivity index (χ0n) is 7.56. The van der Waals surface area contributed by atoms with E-state index in [1.165, 1.54) is 0 Å². The standard InChI is InChI=1S/C8H13N3O2/c1-2-13-8(12)10-4-6-11-5-3-9-7-11/h3,5,7H,2,4,6H2,1H3,(H,10,12). The summed E-state index contributed by atoms with van der Waals surface area (Å²) in [5, 5.41) is 2.61. The van der Waals surface area contributed by atoms with Gasteiger partial charge in [-0.15, -0.1) is 0 Å². The molecule has 0 fully saturated rings. The van der Waals surface area contributed by atoms with E-state index in [4.69, 9.17) is 0 Å². The van der Waals surface area contributed by atoms with Gasteiger partial charge in [0.15, 0.2) is 0 Å². The highest BCUT2D eigenvalue weighted by atomic mass is 16.5. The summed E-state index contributed by atoms with van der Waals surface area (Å²) in [7, 11) is 0. The first-order valence-corrected chi connectivity index (χ1v) is 4.19. The molecule has 5 heteroatoms. The van der Waals surface area contributed by atoms with Crippen molar-refractivity contribution >= 4 is 6.09 Å². The third kappa shape index (κ3) is 3.59. The minimum Gasteiger partial charge on any atom is -0.450 e. The quantitative estimate of drug-likeness (QED) is 0.744. The average molecular weight is 183 g/mol. The molecule has 1 aromatic rings. The first-order chi connectivity index (χ1) is 6.33. The van der Waals surface area contributed by atoms with E-state index in [0.717, 1.165) is 0 Å². The van der Waals surface area contributed by atoms with Crippen LogP contribution >= 0.6 is 0 Å². The predicted octanol–water partition coefficient (Wildman–Crippen LogP) is 0.629. The summed E-state index contributed by atoms with van der Waals surface area (Å²) < 4.78 is 6.57. The molecule has 5 nitrogen and oxygen atoms in total. The Kier molecular flexibility index (Phi) is 3.81. The molecule has 0 radical (unpaired) electrons. The molecule has 0 saturated heterocycles. The molecule has 0 unspecified atom stereocenters. The molecule has 13 heavy (non-hydrogen) atoms. The van der Waals surface area contributed by atoms with E-state index in [1.54, 1.807) is 19.4 Å². The van der Waals surface area contributed by atoms with E-state index in [0.29, 0.717) is 19.7 Å². The number of nitrogens with zero attached hydrogens (tertiary/aromatic N) is 2. The first kappa shape index (κ1) is 9.57. The molecule has 0 atom stereocenters. The number of ether oxygens (including phenoxy) is 1. The van der Waals surface area contributed by atoms with Crippen LogP contribution < -0.4 is 5.32 Å². The Morgan fingerprint density at radius 1 is 1.69 bits per heavy atom. The fourth-order valence-corrected chi connectivity index (χ4v) is 0.888. The van der Waals surface area contributed by atoms with Crippen molar-refractivity contribution < 1.29 is 9.53 Å². The minimum atomic E-state index is -0.373. The molecule has 0 bridgehead atoms. The fraction of sp³-hybridized carbons (Fsp3) is 0.500. The van der Waals surface area contributed by atoms with Gasteiger partial charge in [0.05, 0.1) is 12.9 Å². The van der Waals surface area contributed by atoms with Gasteiger partial charge in [0.25, 0.3) is 0 Å². The normalized spacial score (nSPS) is 9.62. The van der Waals surface area contributed by atoms with Crippen molar-refractivity contribution in [3.63, 3.8) is 0 Å². The van der Waals surface area contributed by atoms with Crippen LogP contribution in [-0.4, -0.2) is 28.8 Å². The minimum absolute atomic E-state index is 0.373. The molecule has 0 aliphatic rings. The van der Waals surface area contributed by atoms with Gasteiger partial charge >= 0.3 is 6.09 Å². The Labute approximate surface area is 76.7 Å². The highest BCUT2D eigenvalue weighted by molar-refractivity contribution is 5.66. The van der Waals surface area contributed by atoms with Gasteiger partial charge in [-0.1, -0.05) is 0 Å². The van der Waals surface area contributed by atoms with Crippen LogP contribution in [0.4, 0.5) is 4.79 Å². The summed E-state index contributed by atoms with van der Waals surface area (Å²) in [4.78, 5) is 14.7. The second kappa shape index (κ2) is 5.18. The SMILES string of the molecule is CCOC(=O)NCCn1ccnc1. The predicted molar refractivity (Wildman–Crippen MR) is 47.3 cm³/mol. The van der Waals surface area contributed by atoms with Crippen molar-refractivity contribution in [2.75, 3.05) is 13.2 Å². The number of carbonyl (C=O) groups excluding carboxylic acids is 1. The average Bonchev–Trinajstić information content (AvgIpc) is 2.57. The van der Waals surface area contributed by atoms with Crippen molar-refractivity contribution in [1.29, 1.82) is 0 Å². The Bertz CT molecular complexity index is 246. The highest BCUT2D eigenvalue weighted by Gasteiger charge is 1.97. The molecule has 72 valence electrons. The topological polar surface area (TPSA) is 56.1 Å². The van der Waals surface area contributed by atoms with Crippen molar-refractivity contribution in [2.45, 2.75) is 13.5 Å². The van der Waals surface area contributed by atoms with Gasteiger partial charge in [0, 0.05) is 25.5 Å². The zero-order valence-corrected chi connectivity index (χ0v) is 7.56. The number of nitrogens with one attached hydrogen (secondary N) is 1. The van der Waals surface area contributed by atoms with Crippen LogP contribution in [0.3, 0.4) is 0 Å². The maximum absolute atomic E-state index is 10.8. The Morgan fingerprint density at radius 3 is 3.15 bits per heavy atom. The smallest absolute Gasteiger partial charge is 0.407 e. The largest absolute Gasteiger partial charge is 0.450 e. The molecule has 0 aliphatic heterocycles. The lowest BCUT2D eigenvalue weighted by Crippen LogP contribution is -2.27. The maximum Gasteiger partial charge on any atom is 0.407 e. The van der Waals surface area contributed by atoms with Gasteiger partial charge < -0.3 is 14.6 Å². The summed E-state index contributed by atoms with van der Waals surface area (Å²) in [6.45, 7) is 3.43. The maximum atomic E-state index is 10.8. The van der Waals surface area contributed by atoms with Crippen LogP contribution in [0, 0.1) is 0 Å². The van der Waals surface area contributed by atoms with Crippen molar-refractivity contribution in [2.24, 2.45) is 0 Å². The molecule has 1 amide bonds. The number of hydrogen-bond donors (Lipinski definition) is 1. The molecule has 0 aromatic carbocycles. The second-order valence-corrected chi connectivity index (χ2v) is 2.45. The number of imidazole rings is 1. The Morgan fingerprint density at radius 2 is 2.54 bits per heavy atom. The summed E-state index contributed by atoms with van der Waals surface area (Å²) >= 11 is 0. The van der Waals surface area contributed by atoms with Crippen LogP contribution in [-0.2, 0) is 11.3 Å². The van der Waals surface area contributed by atoms with E-state index in [9.17, 15) is 4.79 Å². The van der Waals surface area contributed by atoms with Crippen molar-refractivity contribution in [3.8, 4) is 0 Å². The number of hydrogen-bond acceptors (Lipinski definition) is 3. The van der Waals surface area contributed by atoms with Crippen molar-refractivity contribution in [1.82, 2.24) is 14.9 Å². The first-order valence-electron chi connectivity index (χ1n) is 4.19. The summed E-state index contributed by atoms with van der Waals surface area (Å²) in [5.74, 6) is 0. The van der Waals surface area contributed by atoms with Gasteiger partial charge in [-0.25, -0.2) is 9.78 Å². The zero-order chi connectivity index (χ0) is 9.52. The number of carbonyl (C=O) groups is 1.